The summed E-state index contributed by atoms with van der Waals surface area (Å²) in [7, 11) is -0.232. The molecule has 0 unspecified atom stereocenters. The summed E-state index contributed by atoms with van der Waals surface area (Å²) in [4.78, 5) is 4.46. The minimum absolute atomic E-state index is 0.113. The van der Waals surface area contributed by atoms with Gasteiger partial charge in [-0.25, -0.2) is 4.98 Å². The van der Waals surface area contributed by atoms with Gasteiger partial charge in [-0.15, -0.1) is 11.3 Å². The number of thiazole rings is 1. The lowest BCUT2D eigenvalue weighted by atomic mass is 9.76. The van der Waals surface area contributed by atoms with Crippen molar-refractivity contribution in [3.8, 4) is 0 Å². The van der Waals surface area contributed by atoms with Crippen molar-refractivity contribution in [2.24, 2.45) is 5.41 Å². The second kappa shape index (κ2) is 4.33. The van der Waals surface area contributed by atoms with Crippen molar-refractivity contribution in [3.05, 3.63) is 23.2 Å². The van der Waals surface area contributed by atoms with E-state index in [1.807, 2.05) is 19.1 Å². The molecule has 0 aliphatic carbocycles. The van der Waals surface area contributed by atoms with Gasteiger partial charge in [0.2, 0.25) is 0 Å². The molecule has 1 saturated heterocycles. The molecule has 0 atom stereocenters. The van der Waals surface area contributed by atoms with Crippen molar-refractivity contribution in [3.63, 3.8) is 0 Å². The molecule has 0 N–H and O–H groups in total. The summed E-state index contributed by atoms with van der Waals surface area (Å²) in [6.07, 6.45) is 0. The van der Waals surface area contributed by atoms with Crippen molar-refractivity contribution >= 4 is 34.1 Å². The molecular weight excluding hydrogens is 245 g/mol. The molecule has 94 valence electrons. The number of aromatic nitrogens is 1. The first-order valence-corrected chi connectivity index (χ1v) is 6.95. The molecule has 0 saturated carbocycles. The lowest BCUT2D eigenvalue weighted by Gasteiger charge is -2.33. The number of nitrogens with zero attached hydrogens (tertiary/aromatic N) is 1. The van der Waals surface area contributed by atoms with E-state index >= 15 is 0 Å². The average molecular weight is 261 g/mol. The Kier molecular flexibility index (Phi) is 2.92. The monoisotopic (exact) mass is 261 g/mol. The van der Waals surface area contributed by atoms with E-state index in [1.54, 1.807) is 11.3 Å². The molecule has 0 spiro atoms. The summed E-state index contributed by atoms with van der Waals surface area (Å²) < 4.78 is 12.8. The van der Waals surface area contributed by atoms with Crippen LogP contribution in [0.2, 0.25) is 0 Å². The Morgan fingerprint density at radius 1 is 1.28 bits per heavy atom. The first kappa shape index (κ1) is 12.1. The molecule has 1 aliphatic rings. The van der Waals surface area contributed by atoms with E-state index in [2.05, 4.69) is 24.9 Å². The predicted octanol–water partition coefficient (Wildman–Crippen LogP) is 2.37. The van der Waals surface area contributed by atoms with E-state index < -0.39 is 0 Å². The van der Waals surface area contributed by atoms with Gasteiger partial charge < -0.3 is 9.31 Å². The molecule has 2 aromatic rings. The van der Waals surface area contributed by atoms with Gasteiger partial charge in [0.25, 0.3) is 0 Å². The highest BCUT2D eigenvalue weighted by Crippen LogP contribution is 2.23. The first-order chi connectivity index (χ1) is 8.53. The zero-order chi connectivity index (χ0) is 12.8. The number of aryl methyl sites for hydroxylation is 1. The van der Waals surface area contributed by atoms with Crippen molar-refractivity contribution in [1.29, 1.82) is 0 Å². The zero-order valence-corrected chi connectivity index (χ0v) is 11.7. The van der Waals surface area contributed by atoms with Crippen LogP contribution in [0.1, 0.15) is 18.9 Å². The highest BCUT2D eigenvalue weighted by molar-refractivity contribution is 7.18. The summed E-state index contributed by atoms with van der Waals surface area (Å²) in [6, 6.07) is 6.22. The van der Waals surface area contributed by atoms with Crippen molar-refractivity contribution < 1.29 is 9.31 Å². The molecule has 0 amide bonds. The van der Waals surface area contributed by atoms with Crippen molar-refractivity contribution in [2.75, 3.05) is 13.2 Å². The summed E-state index contributed by atoms with van der Waals surface area (Å²) in [6.45, 7) is 7.80. The summed E-state index contributed by atoms with van der Waals surface area (Å²) in [5.74, 6) is 0. The van der Waals surface area contributed by atoms with Crippen LogP contribution in [0.3, 0.4) is 0 Å². The average Bonchev–Trinajstić information content (AvgIpc) is 2.68. The Bertz CT molecular complexity index is 571. The van der Waals surface area contributed by atoms with Gasteiger partial charge in [-0.05, 0) is 24.5 Å². The molecule has 0 bridgehead atoms. The largest absolute Gasteiger partial charge is 0.493 e. The fourth-order valence-corrected chi connectivity index (χ4v) is 2.96. The van der Waals surface area contributed by atoms with E-state index in [4.69, 9.17) is 9.31 Å². The smallest absolute Gasteiger partial charge is 0.407 e. The number of fused-ring (bicyclic) bond motifs is 1. The lowest BCUT2D eigenvalue weighted by molar-refractivity contribution is 0.0343. The van der Waals surface area contributed by atoms with Crippen LogP contribution in [0.4, 0.5) is 0 Å². The maximum Gasteiger partial charge on any atom is 0.493 e. The molecule has 1 aromatic heterocycles. The van der Waals surface area contributed by atoms with E-state index in [0.29, 0.717) is 0 Å². The second-order valence-corrected chi connectivity index (χ2v) is 6.81. The zero-order valence-electron chi connectivity index (χ0n) is 10.9. The summed E-state index contributed by atoms with van der Waals surface area (Å²) >= 11 is 1.71. The Hall–Kier alpha value is -0.905. The molecular formula is C13H16BNO2S. The molecule has 3 rings (SSSR count). The molecule has 0 radical (unpaired) electrons. The van der Waals surface area contributed by atoms with Gasteiger partial charge in [0.15, 0.2) is 0 Å². The van der Waals surface area contributed by atoms with Crippen LogP contribution < -0.4 is 5.46 Å². The minimum atomic E-state index is -0.232. The SMILES string of the molecule is Cc1nc2ccc(B3OCC(C)(C)CO3)cc2s1. The van der Waals surface area contributed by atoms with E-state index in [9.17, 15) is 0 Å². The predicted molar refractivity (Wildman–Crippen MR) is 75.4 cm³/mol. The third kappa shape index (κ3) is 2.30. The van der Waals surface area contributed by atoms with Gasteiger partial charge in [-0.3, -0.25) is 0 Å². The van der Waals surface area contributed by atoms with Crippen LogP contribution >= 0.6 is 11.3 Å². The van der Waals surface area contributed by atoms with E-state index in [0.717, 1.165) is 29.2 Å². The van der Waals surface area contributed by atoms with E-state index in [1.165, 1.54) is 4.70 Å². The van der Waals surface area contributed by atoms with Crippen molar-refractivity contribution in [2.45, 2.75) is 20.8 Å². The number of hydrogen-bond acceptors (Lipinski definition) is 4. The Morgan fingerprint density at radius 3 is 2.72 bits per heavy atom. The van der Waals surface area contributed by atoms with Crippen LogP contribution in [0.15, 0.2) is 18.2 Å². The third-order valence-electron chi connectivity index (χ3n) is 3.04. The van der Waals surface area contributed by atoms with E-state index in [-0.39, 0.29) is 12.5 Å². The molecule has 18 heavy (non-hydrogen) atoms. The highest BCUT2D eigenvalue weighted by Gasteiger charge is 2.33. The number of benzene rings is 1. The molecule has 5 heteroatoms. The Balaban J connectivity index is 1.86. The highest BCUT2D eigenvalue weighted by atomic mass is 32.1. The Morgan fingerprint density at radius 2 is 2.00 bits per heavy atom. The fourth-order valence-electron chi connectivity index (χ4n) is 2.09. The van der Waals surface area contributed by atoms with Gasteiger partial charge in [0.1, 0.15) is 0 Å². The fraction of sp³-hybridized carbons (Fsp3) is 0.462. The molecule has 2 heterocycles. The maximum atomic E-state index is 5.80. The standard InChI is InChI=1S/C13H16BNO2S/c1-9-15-11-5-4-10(6-12(11)18-9)14-16-7-13(2,3)8-17-14/h4-6H,7-8H2,1-3H3. The minimum Gasteiger partial charge on any atom is -0.407 e. The van der Waals surface area contributed by atoms with Crippen LogP contribution in [0.5, 0.6) is 0 Å². The van der Waals surface area contributed by atoms with Crippen LogP contribution in [0.25, 0.3) is 10.2 Å². The van der Waals surface area contributed by atoms with Crippen LogP contribution in [-0.2, 0) is 9.31 Å². The quantitative estimate of drug-likeness (QED) is 0.738. The van der Waals surface area contributed by atoms with Gasteiger partial charge in [-0.2, -0.15) is 0 Å². The topological polar surface area (TPSA) is 31.4 Å². The Labute approximate surface area is 111 Å². The second-order valence-electron chi connectivity index (χ2n) is 5.58. The van der Waals surface area contributed by atoms with Gasteiger partial charge in [-0.1, -0.05) is 19.9 Å². The van der Waals surface area contributed by atoms with Gasteiger partial charge in [0.05, 0.1) is 15.2 Å². The molecule has 1 fully saturated rings. The van der Waals surface area contributed by atoms with Gasteiger partial charge in [0, 0.05) is 18.6 Å². The summed E-state index contributed by atoms with van der Waals surface area (Å²) in [5.41, 5.74) is 2.25. The lowest BCUT2D eigenvalue weighted by Crippen LogP contribution is -2.47. The third-order valence-corrected chi connectivity index (χ3v) is 3.98. The molecule has 3 nitrogen and oxygen atoms in total. The first-order valence-electron chi connectivity index (χ1n) is 6.14. The molecule has 1 aromatic carbocycles. The number of rotatable bonds is 1. The normalized spacial score (nSPS) is 19.4. The summed E-state index contributed by atoms with van der Waals surface area (Å²) in [5, 5.41) is 1.09. The van der Waals surface area contributed by atoms with Crippen LogP contribution in [0, 0.1) is 12.3 Å². The van der Waals surface area contributed by atoms with Gasteiger partial charge >= 0.3 is 7.12 Å². The number of hydrogen-bond donors (Lipinski definition) is 0. The van der Waals surface area contributed by atoms with Crippen molar-refractivity contribution in [1.82, 2.24) is 4.98 Å². The molecule has 1 aliphatic heterocycles. The maximum absolute atomic E-state index is 5.80. The van der Waals surface area contributed by atoms with Crippen LogP contribution in [-0.4, -0.2) is 25.3 Å².